The maximum atomic E-state index is 10.2. The lowest BCUT2D eigenvalue weighted by Gasteiger charge is -2.13. The molecule has 3 atom stereocenters. The van der Waals surface area contributed by atoms with Crippen LogP contribution in [-0.2, 0) is 0 Å². The number of hydrogen-bond donors (Lipinski definition) is 6. The number of rotatable bonds is 18. The van der Waals surface area contributed by atoms with Crippen molar-refractivity contribution in [2.75, 3.05) is 19.6 Å². The van der Waals surface area contributed by atoms with Crippen LogP contribution in [0, 0.1) is 17.8 Å². The van der Waals surface area contributed by atoms with Gasteiger partial charge in [0.25, 0.3) is 0 Å². The van der Waals surface area contributed by atoms with Gasteiger partial charge in [0, 0.05) is 19.6 Å². The molecule has 0 radical (unpaired) electrons. The van der Waals surface area contributed by atoms with Crippen molar-refractivity contribution in [3.05, 3.63) is 19.0 Å². The summed E-state index contributed by atoms with van der Waals surface area (Å²) in [6.45, 7) is 14.6. The van der Waals surface area contributed by atoms with Crippen molar-refractivity contribution in [3.8, 4) is 0 Å². The molecule has 3 amide bonds. The Bertz CT molecular complexity index is 631. The molecule has 12 heteroatoms. The van der Waals surface area contributed by atoms with Gasteiger partial charge in [-0.1, -0.05) is 99.3 Å². The molecule has 1 heterocycles. The minimum absolute atomic E-state index is 0.515. The fourth-order valence-corrected chi connectivity index (χ4v) is 3.73. The lowest BCUT2D eigenvalue weighted by molar-refractivity contribution is 0.190. The summed E-state index contributed by atoms with van der Waals surface area (Å²) in [7, 11) is 0. The predicted octanol–water partition coefficient (Wildman–Crippen LogP) is 7.28. The normalized spacial score (nSPS) is 11.9. The van der Waals surface area contributed by atoms with E-state index in [4.69, 9.17) is 15.3 Å². The molecule has 42 heavy (non-hydrogen) atoms. The SMILES string of the molecule is CCCCC(CC)CNC(=O)O.CCCCC(CC)CNC(=O)O.CCCCC(CC)CNC(=O)O.c1ncncn1. The van der Waals surface area contributed by atoms with Crippen LogP contribution in [0.15, 0.2) is 19.0 Å². The summed E-state index contributed by atoms with van der Waals surface area (Å²) in [5, 5.41) is 32.4. The highest BCUT2D eigenvalue weighted by atomic mass is 16.4. The van der Waals surface area contributed by atoms with Gasteiger partial charge in [-0.2, -0.15) is 0 Å². The van der Waals surface area contributed by atoms with Gasteiger partial charge in [-0.15, -0.1) is 0 Å². The summed E-state index contributed by atoms with van der Waals surface area (Å²) in [5.74, 6) is 1.54. The molecule has 0 saturated heterocycles. The first-order chi connectivity index (χ1) is 20.1. The topological polar surface area (TPSA) is 187 Å². The molecule has 1 rings (SSSR count). The molecule has 3 unspecified atom stereocenters. The Labute approximate surface area is 253 Å². The van der Waals surface area contributed by atoms with Crippen molar-refractivity contribution in [2.45, 2.75) is 119 Å². The number of carboxylic acid groups (broad SMARTS) is 3. The van der Waals surface area contributed by atoms with Crippen LogP contribution in [-0.4, -0.2) is 68.2 Å². The maximum Gasteiger partial charge on any atom is 0.404 e. The maximum absolute atomic E-state index is 10.2. The second-order valence-corrected chi connectivity index (χ2v) is 10.1. The zero-order chi connectivity index (χ0) is 32.4. The highest BCUT2D eigenvalue weighted by Gasteiger charge is 2.08. The van der Waals surface area contributed by atoms with Gasteiger partial charge in [0.15, 0.2) is 0 Å². The van der Waals surface area contributed by atoms with Crippen molar-refractivity contribution in [1.29, 1.82) is 0 Å². The Kier molecular flexibility index (Phi) is 35.1. The number of nitrogens with one attached hydrogen (secondary N) is 3. The summed E-state index contributed by atoms with van der Waals surface area (Å²) in [6, 6.07) is 0. The van der Waals surface area contributed by atoms with Crippen LogP contribution in [0.25, 0.3) is 0 Å². The Morgan fingerprint density at radius 2 is 0.762 bits per heavy atom. The zero-order valence-electron chi connectivity index (χ0n) is 27.0. The predicted molar refractivity (Wildman–Crippen MR) is 168 cm³/mol. The van der Waals surface area contributed by atoms with Crippen molar-refractivity contribution < 1.29 is 29.7 Å². The molecule has 0 aliphatic rings. The third-order valence-corrected chi connectivity index (χ3v) is 6.66. The number of amides is 3. The molecular weight excluding hydrogens is 540 g/mol. The van der Waals surface area contributed by atoms with E-state index < -0.39 is 18.3 Å². The quantitative estimate of drug-likeness (QED) is 0.101. The molecule has 1 aromatic rings. The number of hydrogen-bond acceptors (Lipinski definition) is 6. The minimum atomic E-state index is -0.912. The van der Waals surface area contributed by atoms with E-state index in [0.29, 0.717) is 37.4 Å². The molecule has 6 N–H and O–H groups in total. The second-order valence-electron chi connectivity index (χ2n) is 10.1. The van der Waals surface area contributed by atoms with E-state index >= 15 is 0 Å². The number of aromatic nitrogens is 3. The first-order valence-electron chi connectivity index (χ1n) is 15.6. The summed E-state index contributed by atoms with van der Waals surface area (Å²) < 4.78 is 0. The fourth-order valence-electron chi connectivity index (χ4n) is 3.73. The van der Waals surface area contributed by atoms with Gasteiger partial charge < -0.3 is 31.3 Å². The van der Waals surface area contributed by atoms with Gasteiger partial charge in [0.05, 0.1) is 0 Å². The molecule has 0 aromatic carbocycles. The van der Waals surface area contributed by atoms with Crippen LogP contribution in [0.4, 0.5) is 14.4 Å². The van der Waals surface area contributed by atoms with Crippen LogP contribution >= 0.6 is 0 Å². The van der Waals surface area contributed by atoms with E-state index in [1.807, 2.05) is 0 Å². The van der Waals surface area contributed by atoms with Crippen molar-refractivity contribution in [1.82, 2.24) is 30.9 Å². The fraction of sp³-hybridized carbons (Fsp3) is 0.800. The van der Waals surface area contributed by atoms with Crippen LogP contribution in [0.3, 0.4) is 0 Å². The van der Waals surface area contributed by atoms with Crippen molar-refractivity contribution >= 4 is 18.3 Å². The van der Waals surface area contributed by atoms with E-state index in [0.717, 1.165) is 38.5 Å². The van der Waals surface area contributed by atoms with Gasteiger partial charge in [-0.05, 0) is 37.0 Å². The van der Waals surface area contributed by atoms with Gasteiger partial charge >= 0.3 is 18.3 Å². The lowest BCUT2D eigenvalue weighted by Crippen LogP contribution is -2.27. The largest absolute Gasteiger partial charge is 0.465 e. The zero-order valence-corrected chi connectivity index (χ0v) is 27.0. The second kappa shape index (κ2) is 34.0. The van der Waals surface area contributed by atoms with Gasteiger partial charge in [-0.25, -0.2) is 29.3 Å². The summed E-state index contributed by atoms with van der Waals surface area (Å²) >= 11 is 0. The molecule has 12 nitrogen and oxygen atoms in total. The van der Waals surface area contributed by atoms with Crippen molar-refractivity contribution in [2.24, 2.45) is 17.8 Å². The number of unbranched alkanes of at least 4 members (excludes halogenated alkanes) is 3. The Hall–Kier alpha value is -3.18. The average molecular weight is 601 g/mol. The molecular formula is C30H60N6O6. The summed E-state index contributed by atoms with van der Waals surface area (Å²) in [4.78, 5) is 41.2. The number of nitrogens with zero attached hydrogens (tertiary/aromatic N) is 3. The first-order valence-corrected chi connectivity index (χ1v) is 15.6. The first kappa shape index (κ1) is 43.3. The Balaban J connectivity index is -0.000000494. The van der Waals surface area contributed by atoms with E-state index in [1.54, 1.807) is 0 Å². The van der Waals surface area contributed by atoms with E-state index in [9.17, 15) is 14.4 Å². The van der Waals surface area contributed by atoms with E-state index in [2.05, 4.69) is 72.4 Å². The highest BCUT2D eigenvalue weighted by molar-refractivity contribution is 5.64. The van der Waals surface area contributed by atoms with Gasteiger partial charge in [0.1, 0.15) is 19.0 Å². The monoisotopic (exact) mass is 600 g/mol. The Morgan fingerprint density at radius 3 is 0.905 bits per heavy atom. The summed E-state index contributed by atoms with van der Waals surface area (Å²) in [6.07, 6.45) is 15.3. The molecule has 0 saturated carbocycles. The van der Waals surface area contributed by atoms with Crippen LogP contribution in [0.2, 0.25) is 0 Å². The minimum Gasteiger partial charge on any atom is -0.465 e. The third-order valence-electron chi connectivity index (χ3n) is 6.66. The molecule has 0 fully saturated rings. The third kappa shape index (κ3) is 36.8. The average Bonchev–Trinajstić information content (AvgIpc) is 2.99. The molecule has 246 valence electrons. The smallest absolute Gasteiger partial charge is 0.404 e. The molecule has 0 aliphatic carbocycles. The standard InChI is InChI=1S/3C9H19NO2.C3H3N3/c3*1-3-5-6-8(4-2)7-10-9(11)12;1-4-2-6-3-5-1/h3*8,10H,3-7H2,1-2H3,(H,11,12);1-3H. The molecule has 0 spiro atoms. The molecule has 0 bridgehead atoms. The number of carbonyl (C=O) groups is 3. The summed E-state index contributed by atoms with van der Waals surface area (Å²) in [5.41, 5.74) is 0. The highest BCUT2D eigenvalue weighted by Crippen LogP contribution is 2.12. The van der Waals surface area contributed by atoms with Crippen LogP contribution in [0.1, 0.15) is 119 Å². The van der Waals surface area contributed by atoms with Crippen LogP contribution < -0.4 is 16.0 Å². The van der Waals surface area contributed by atoms with E-state index in [-0.39, 0.29) is 0 Å². The van der Waals surface area contributed by atoms with E-state index in [1.165, 1.54) is 57.5 Å². The lowest BCUT2D eigenvalue weighted by atomic mass is 10.00. The molecule has 1 aromatic heterocycles. The van der Waals surface area contributed by atoms with Gasteiger partial charge in [-0.3, -0.25) is 0 Å². The van der Waals surface area contributed by atoms with Gasteiger partial charge in [0.2, 0.25) is 0 Å². The Morgan fingerprint density at radius 1 is 0.524 bits per heavy atom. The van der Waals surface area contributed by atoms with Crippen LogP contribution in [0.5, 0.6) is 0 Å². The molecule has 0 aliphatic heterocycles. The van der Waals surface area contributed by atoms with Crippen molar-refractivity contribution in [3.63, 3.8) is 0 Å².